The van der Waals surface area contributed by atoms with Gasteiger partial charge in [-0.25, -0.2) is 4.98 Å². The van der Waals surface area contributed by atoms with Crippen LogP contribution in [-0.2, 0) is 17.6 Å². The molecule has 0 aliphatic heterocycles. The molecule has 0 fully saturated rings. The van der Waals surface area contributed by atoms with Crippen LogP contribution in [0, 0.1) is 6.92 Å². The summed E-state index contributed by atoms with van der Waals surface area (Å²) in [5, 5.41) is 4.11. The molecule has 0 spiro atoms. The lowest BCUT2D eigenvalue weighted by atomic mass is 9.97. The van der Waals surface area contributed by atoms with Crippen LogP contribution in [0.4, 0.5) is 5.69 Å². The lowest BCUT2D eigenvalue weighted by Gasteiger charge is -2.16. The normalized spacial score (nSPS) is 14.8. The summed E-state index contributed by atoms with van der Waals surface area (Å²) >= 11 is 7.64. The molecule has 1 atom stereocenters. The monoisotopic (exact) mass is 401 g/mol. The van der Waals surface area contributed by atoms with Crippen LogP contribution in [0.1, 0.15) is 41.8 Å². The van der Waals surface area contributed by atoms with Gasteiger partial charge < -0.3 is 5.32 Å². The van der Waals surface area contributed by atoms with Crippen LogP contribution in [0.3, 0.4) is 0 Å². The maximum atomic E-state index is 13.1. The largest absolute Gasteiger partial charge is 0.324 e. The molecule has 1 aliphatic rings. The van der Waals surface area contributed by atoms with Crippen molar-refractivity contribution >= 4 is 44.7 Å². The van der Waals surface area contributed by atoms with E-state index in [4.69, 9.17) is 11.6 Å². The number of anilines is 1. The number of rotatable bonds is 3. The van der Waals surface area contributed by atoms with E-state index < -0.39 is 6.04 Å². The van der Waals surface area contributed by atoms with Gasteiger partial charge >= 0.3 is 0 Å². The Morgan fingerprint density at radius 1 is 1.33 bits per heavy atom. The highest BCUT2D eigenvalue weighted by Crippen LogP contribution is 2.33. The van der Waals surface area contributed by atoms with E-state index in [1.54, 1.807) is 30.4 Å². The Balaban J connectivity index is 1.69. The predicted molar refractivity (Wildman–Crippen MR) is 110 cm³/mol. The molecule has 0 saturated heterocycles. The molecule has 0 radical (unpaired) electrons. The lowest BCUT2D eigenvalue weighted by Crippen LogP contribution is -2.32. The Hall–Kier alpha value is -2.18. The van der Waals surface area contributed by atoms with Gasteiger partial charge in [-0.05, 0) is 62.8 Å². The summed E-state index contributed by atoms with van der Waals surface area (Å²) in [6, 6.07) is 4.66. The fourth-order valence-corrected chi connectivity index (χ4v) is 4.92. The summed E-state index contributed by atoms with van der Waals surface area (Å²) < 4.78 is 1.43. The van der Waals surface area contributed by atoms with E-state index in [2.05, 4.69) is 10.3 Å². The third-order valence-electron chi connectivity index (χ3n) is 5.15. The fraction of sp³-hybridized carbons (Fsp3) is 0.350. The van der Waals surface area contributed by atoms with Crippen molar-refractivity contribution in [2.24, 2.45) is 0 Å². The molecular weight excluding hydrogens is 382 g/mol. The minimum atomic E-state index is -0.674. The van der Waals surface area contributed by atoms with Crippen molar-refractivity contribution in [1.29, 1.82) is 0 Å². The number of hydrogen-bond donors (Lipinski definition) is 1. The molecule has 7 heteroatoms. The van der Waals surface area contributed by atoms with Crippen molar-refractivity contribution in [2.75, 3.05) is 5.32 Å². The number of carbonyl (C=O) groups excluding carboxylic acids is 1. The Morgan fingerprint density at radius 2 is 2.11 bits per heavy atom. The average molecular weight is 402 g/mol. The molecule has 2 heterocycles. The second kappa shape index (κ2) is 7.09. The summed E-state index contributed by atoms with van der Waals surface area (Å²) in [5.41, 5.74) is 2.55. The number of nitrogens with one attached hydrogen (secondary N) is 1. The minimum absolute atomic E-state index is 0.134. The van der Waals surface area contributed by atoms with E-state index in [9.17, 15) is 9.59 Å². The van der Waals surface area contributed by atoms with Crippen LogP contribution in [0.15, 0.2) is 29.3 Å². The number of benzene rings is 1. The molecule has 1 aliphatic carbocycles. The first-order chi connectivity index (χ1) is 13.0. The second-order valence-electron chi connectivity index (χ2n) is 6.97. The van der Waals surface area contributed by atoms with Gasteiger partial charge in [-0.2, -0.15) is 0 Å². The van der Waals surface area contributed by atoms with Crippen LogP contribution in [0.2, 0.25) is 5.02 Å². The van der Waals surface area contributed by atoms with Crippen LogP contribution in [0.25, 0.3) is 10.2 Å². The number of carbonyl (C=O) groups is 1. The molecule has 1 aromatic carbocycles. The molecule has 1 unspecified atom stereocenters. The third kappa shape index (κ3) is 3.28. The quantitative estimate of drug-likeness (QED) is 0.702. The van der Waals surface area contributed by atoms with E-state index in [0.29, 0.717) is 16.1 Å². The highest BCUT2D eigenvalue weighted by molar-refractivity contribution is 7.18. The van der Waals surface area contributed by atoms with Gasteiger partial charge in [0.2, 0.25) is 5.91 Å². The number of aryl methyl sites for hydroxylation is 3. The van der Waals surface area contributed by atoms with E-state index in [0.717, 1.165) is 41.6 Å². The number of halogens is 1. The van der Waals surface area contributed by atoms with Gasteiger partial charge in [-0.15, -0.1) is 11.3 Å². The summed E-state index contributed by atoms with van der Waals surface area (Å²) in [7, 11) is 0. The standard InChI is InChI=1S/C20H20ClN3O2S/c1-11-7-8-13(21)9-15(11)23-18(25)12(2)24-10-22-19-17(20(24)26)14-5-3-4-6-16(14)27-19/h7-10,12H,3-6H2,1-2H3,(H,23,25). The zero-order valence-electron chi connectivity index (χ0n) is 15.2. The highest BCUT2D eigenvalue weighted by Gasteiger charge is 2.23. The lowest BCUT2D eigenvalue weighted by molar-refractivity contribution is -0.118. The fourth-order valence-electron chi connectivity index (χ4n) is 3.53. The molecule has 0 saturated carbocycles. The van der Waals surface area contributed by atoms with Crippen molar-refractivity contribution in [2.45, 2.75) is 45.6 Å². The zero-order valence-corrected chi connectivity index (χ0v) is 16.8. The SMILES string of the molecule is Cc1ccc(Cl)cc1NC(=O)C(C)n1cnc2sc3c(c2c1=O)CCCC3. The predicted octanol–water partition coefficient (Wildman–Crippen LogP) is 4.50. The Morgan fingerprint density at radius 3 is 2.93 bits per heavy atom. The van der Waals surface area contributed by atoms with Crippen molar-refractivity contribution < 1.29 is 4.79 Å². The van der Waals surface area contributed by atoms with Gasteiger partial charge in [0.15, 0.2) is 0 Å². The molecule has 5 nitrogen and oxygen atoms in total. The number of hydrogen-bond acceptors (Lipinski definition) is 4. The summed E-state index contributed by atoms with van der Waals surface area (Å²) in [6.45, 7) is 3.61. The molecule has 1 N–H and O–H groups in total. The number of nitrogens with zero attached hydrogens (tertiary/aromatic N) is 2. The van der Waals surface area contributed by atoms with Gasteiger partial charge in [0.1, 0.15) is 10.9 Å². The van der Waals surface area contributed by atoms with Crippen molar-refractivity contribution in [3.8, 4) is 0 Å². The smallest absolute Gasteiger partial charge is 0.263 e. The van der Waals surface area contributed by atoms with Crippen molar-refractivity contribution in [3.63, 3.8) is 0 Å². The molecule has 140 valence electrons. The Kier molecular flexibility index (Phi) is 4.78. The minimum Gasteiger partial charge on any atom is -0.324 e. The van der Waals surface area contributed by atoms with E-state index in [1.807, 2.05) is 13.0 Å². The van der Waals surface area contributed by atoms with Gasteiger partial charge in [0, 0.05) is 15.6 Å². The van der Waals surface area contributed by atoms with Crippen LogP contribution in [-0.4, -0.2) is 15.5 Å². The molecule has 0 bridgehead atoms. The van der Waals surface area contributed by atoms with Crippen LogP contribution >= 0.6 is 22.9 Å². The first kappa shape index (κ1) is 18.2. The highest BCUT2D eigenvalue weighted by atomic mass is 35.5. The van der Waals surface area contributed by atoms with E-state index >= 15 is 0 Å². The van der Waals surface area contributed by atoms with Crippen molar-refractivity contribution in [3.05, 3.63) is 55.9 Å². The van der Waals surface area contributed by atoms with Gasteiger partial charge in [-0.3, -0.25) is 14.2 Å². The summed E-state index contributed by atoms with van der Waals surface area (Å²) in [4.78, 5) is 32.4. The Bertz CT molecular complexity index is 1100. The Labute approximate surface area is 166 Å². The second-order valence-corrected chi connectivity index (χ2v) is 8.49. The third-order valence-corrected chi connectivity index (χ3v) is 6.59. The topological polar surface area (TPSA) is 64.0 Å². The molecule has 4 rings (SSSR count). The molecular formula is C20H20ClN3O2S. The molecule has 3 aromatic rings. The van der Waals surface area contributed by atoms with Gasteiger partial charge in [0.05, 0.1) is 11.7 Å². The number of fused-ring (bicyclic) bond motifs is 3. The first-order valence-electron chi connectivity index (χ1n) is 9.04. The molecule has 2 aromatic heterocycles. The molecule has 1 amide bonds. The number of thiophene rings is 1. The maximum Gasteiger partial charge on any atom is 0.263 e. The average Bonchev–Trinajstić information content (AvgIpc) is 3.04. The number of aromatic nitrogens is 2. The maximum absolute atomic E-state index is 13.1. The summed E-state index contributed by atoms with van der Waals surface area (Å²) in [5.74, 6) is -0.271. The van der Waals surface area contributed by atoms with E-state index in [-0.39, 0.29) is 11.5 Å². The summed E-state index contributed by atoms with van der Waals surface area (Å²) in [6.07, 6.45) is 5.67. The van der Waals surface area contributed by atoms with Crippen LogP contribution in [0.5, 0.6) is 0 Å². The van der Waals surface area contributed by atoms with Gasteiger partial charge in [-0.1, -0.05) is 17.7 Å². The van der Waals surface area contributed by atoms with Crippen LogP contribution < -0.4 is 10.9 Å². The molecule has 27 heavy (non-hydrogen) atoms. The van der Waals surface area contributed by atoms with Gasteiger partial charge in [0.25, 0.3) is 5.56 Å². The first-order valence-corrected chi connectivity index (χ1v) is 10.2. The zero-order chi connectivity index (χ0) is 19.1. The van der Waals surface area contributed by atoms with Crippen molar-refractivity contribution in [1.82, 2.24) is 9.55 Å². The van der Waals surface area contributed by atoms with E-state index in [1.165, 1.54) is 15.8 Å². The number of amides is 1.